The molecule has 1 fully saturated rings. The number of hydrogen-bond acceptors (Lipinski definition) is 4. The zero-order valence-electron chi connectivity index (χ0n) is 15.4. The molecule has 1 amide bonds. The van der Waals surface area contributed by atoms with Gasteiger partial charge >= 0.3 is 0 Å². The van der Waals surface area contributed by atoms with Gasteiger partial charge in [0.2, 0.25) is 0 Å². The Balaban J connectivity index is 1.58. The molecule has 0 radical (unpaired) electrons. The van der Waals surface area contributed by atoms with Crippen LogP contribution < -0.4 is 9.64 Å². The highest BCUT2D eigenvalue weighted by Gasteiger charge is 2.26. The molecule has 0 bridgehead atoms. The highest BCUT2D eigenvalue weighted by molar-refractivity contribution is 6.32. The normalized spacial score (nSPS) is 15.7. The lowest BCUT2D eigenvalue weighted by molar-refractivity contribution is -0.138. The van der Waals surface area contributed by atoms with E-state index in [9.17, 15) is 4.79 Å². The van der Waals surface area contributed by atoms with Crippen LogP contribution in [0.1, 0.15) is 18.1 Å². The van der Waals surface area contributed by atoms with Crippen molar-refractivity contribution in [1.82, 2.24) is 9.88 Å². The van der Waals surface area contributed by atoms with Gasteiger partial charge in [0, 0.05) is 37.4 Å². The van der Waals surface area contributed by atoms with E-state index in [1.165, 1.54) is 0 Å². The molecule has 6 heteroatoms. The number of pyridine rings is 1. The molecule has 0 spiro atoms. The van der Waals surface area contributed by atoms with Crippen LogP contribution in [0, 0.1) is 13.8 Å². The Morgan fingerprint density at radius 3 is 2.38 bits per heavy atom. The van der Waals surface area contributed by atoms with E-state index in [4.69, 9.17) is 16.3 Å². The Hall–Kier alpha value is -2.27. The monoisotopic (exact) mass is 373 g/mol. The molecular formula is C20H24ClN3O2. The van der Waals surface area contributed by atoms with Gasteiger partial charge in [-0.2, -0.15) is 0 Å². The van der Waals surface area contributed by atoms with Gasteiger partial charge in [0.05, 0.1) is 0 Å². The summed E-state index contributed by atoms with van der Waals surface area (Å²) in [7, 11) is 0. The molecule has 1 unspecified atom stereocenters. The molecule has 3 rings (SSSR count). The number of hydrogen-bond donors (Lipinski definition) is 0. The molecule has 1 aliphatic heterocycles. The number of nitrogens with zero attached hydrogens (tertiary/aromatic N) is 3. The Morgan fingerprint density at radius 1 is 1.15 bits per heavy atom. The molecule has 1 aromatic heterocycles. The highest BCUT2D eigenvalue weighted by atomic mass is 35.5. The first-order chi connectivity index (χ1) is 12.5. The first-order valence-corrected chi connectivity index (χ1v) is 9.21. The van der Waals surface area contributed by atoms with E-state index < -0.39 is 6.10 Å². The van der Waals surface area contributed by atoms with Crippen LogP contribution in [0.25, 0.3) is 0 Å². The van der Waals surface area contributed by atoms with Gasteiger partial charge in [-0.05, 0) is 56.2 Å². The average Bonchev–Trinajstić information content (AvgIpc) is 2.66. The summed E-state index contributed by atoms with van der Waals surface area (Å²) in [6.07, 6.45) is 1.26. The molecular weight excluding hydrogens is 350 g/mol. The van der Waals surface area contributed by atoms with Gasteiger partial charge in [-0.1, -0.05) is 17.7 Å². The standard InChI is InChI=1S/C20H24ClN3O2/c1-14-12-17(13-15(2)19(14)21)26-16(3)20(25)24-10-8-23(9-11-24)18-6-4-5-7-22-18/h4-7,12-13,16H,8-11H2,1-3H3. The van der Waals surface area contributed by atoms with Crippen molar-refractivity contribution < 1.29 is 9.53 Å². The highest BCUT2D eigenvalue weighted by Crippen LogP contribution is 2.26. The van der Waals surface area contributed by atoms with Crippen LogP contribution in [0.15, 0.2) is 36.5 Å². The van der Waals surface area contributed by atoms with Crippen LogP contribution in [0.5, 0.6) is 5.75 Å². The van der Waals surface area contributed by atoms with Crippen LogP contribution in [0.2, 0.25) is 5.02 Å². The first kappa shape index (κ1) is 18.5. The second-order valence-corrected chi connectivity index (χ2v) is 7.01. The maximum absolute atomic E-state index is 12.7. The van der Waals surface area contributed by atoms with Crippen LogP contribution >= 0.6 is 11.6 Å². The number of anilines is 1. The Labute approximate surface area is 159 Å². The molecule has 5 nitrogen and oxygen atoms in total. The third kappa shape index (κ3) is 4.10. The summed E-state index contributed by atoms with van der Waals surface area (Å²) in [4.78, 5) is 21.2. The van der Waals surface area contributed by atoms with E-state index >= 15 is 0 Å². The fraction of sp³-hybridized carbons (Fsp3) is 0.400. The second-order valence-electron chi connectivity index (χ2n) is 6.63. The molecule has 1 atom stereocenters. The lowest BCUT2D eigenvalue weighted by Crippen LogP contribution is -2.52. The number of aryl methyl sites for hydroxylation is 2. The number of piperazine rings is 1. The van der Waals surface area contributed by atoms with Gasteiger partial charge in [0.25, 0.3) is 5.91 Å². The third-order valence-corrected chi connectivity index (χ3v) is 5.23. The molecule has 138 valence electrons. The van der Waals surface area contributed by atoms with Crippen molar-refractivity contribution in [2.75, 3.05) is 31.1 Å². The molecule has 2 aromatic rings. The number of rotatable bonds is 4. The summed E-state index contributed by atoms with van der Waals surface area (Å²) in [6, 6.07) is 9.62. The number of aromatic nitrogens is 1. The second kappa shape index (κ2) is 7.96. The zero-order chi connectivity index (χ0) is 18.7. The van der Waals surface area contributed by atoms with Gasteiger partial charge in [-0.25, -0.2) is 4.98 Å². The number of ether oxygens (including phenoxy) is 1. The maximum atomic E-state index is 12.7. The first-order valence-electron chi connectivity index (χ1n) is 8.84. The Morgan fingerprint density at radius 2 is 1.81 bits per heavy atom. The topological polar surface area (TPSA) is 45.7 Å². The molecule has 2 heterocycles. The maximum Gasteiger partial charge on any atom is 0.263 e. The molecule has 0 aliphatic carbocycles. The minimum absolute atomic E-state index is 0.0101. The van der Waals surface area contributed by atoms with E-state index in [2.05, 4.69) is 9.88 Å². The summed E-state index contributed by atoms with van der Waals surface area (Å²) in [5.41, 5.74) is 1.90. The van der Waals surface area contributed by atoms with Crippen LogP contribution in [0.3, 0.4) is 0 Å². The predicted molar refractivity (Wildman–Crippen MR) is 104 cm³/mol. The van der Waals surface area contributed by atoms with E-state index in [0.717, 1.165) is 35.1 Å². The van der Waals surface area contributed by atoms with Crippen molar-refractivity contribution >= 4 is 23.3 Å². The summed E-state index contributed by atoms with van der Waals surface area (Å²) >= 11 is 6.19. The Bertz CT molecular complexity index is 751. The quantitative estimate of drug-likeness (QED) is 0.823. The van der Waals surface area contributed by atoms with Gasteiger partial charge in [-0.3, -0.25) is 4.79 Å². The summed E-state index contributed by atoms with van der Waals surface area (Å²) in [5.74, 6) is 1.64. The van der Waals surface area contributed by atoms with Crippen molar-refractivity contribution in [3.8, 4) is 5.75 Å². The fourth-order valence-electron chi connectivity index (χ4n) is 3.18. The van der Waals surface area contributed by atoms with Gasteiger partial charge < -0.3 is 14.5 Å². The molecule has 0 N–H and O–H groups in total. The lowest BCUT2D eigenvalue weighted by Gasteiger charge is -2.36. The molecule has 1 aliphatic rings. The van der Waals surface area contributed by atoms with E-state index in [1.54, 1.807) is 13.1 Å². The fourth-order valence-corrected chi connectivity index (χ4v) is 3.29. The molecule has 26 heavy (non-hydrogen) atoms. The van der Waals surface area contributed by atoms with Crippen molar-refractivity contribution in [2.24, 2.45) is 0 Å². The van der Waals surface area contributed by atoms with Crippen LogP contribution in [-0.4, -0.2) is 48.1 Å². The minimum atomic E-state index is -0.531. The van der Waals surface area contributed by atoms with E-state index in [-0.39, 0.29) is 5.91 Å². The summed E-state index contributed by atoms with van der Waals surface area (Å²) in [6.45, 7) is 8.55. The lowest BCUT2D eigenvalue weighted by atomic mass is 10.1. The number of carbonyl (C=O) groups is 1. The summed E-state index contributed by atoms with van der Waals surface area (Å²) < 4.78 is 5.88. The zero-order valence-corrected chi connectivity index (χ0v) is 16.2. The summed E-state index contributed by atoms with van der Waals surface area (Å²) in [5, 5.41) is 0.738. The van der Waals surface area contributed by atoms with Gasteiger partial charge in [0.15, 0.2) is 6.10 Å². The Kier molecular flexibility index (Phi) is 5.67. The molecule has 0 saturated carbocycles. The number of amides is 1. The molecule has 1 aromatic carbocycles. The van der Waals surface area contributed by atoms with Crippen LogP contribution in [0.4, 0.5) is 5.82 Å². The SMILES string of the molecule is Cc1cc(OC(C)C(=O)N2CCN(c3ccccn3)CC2)cc(C)c1Cl. The number of carbonyl (C=O) groups excluding carboxylic acids is 1. The smallest absolute Gasteiger partial charge is 0.263 e. The average molecular weight is 374 g/mol. The van der Waals surface area contributed by atoms with Gasteiger partial charge in [0.1, 0.15) is 11.6 Å². The third-order valence-electron chi connectivity index (χ3n) is 4.64. The van der Waals surface area contributed by atoms with Gasteiger partial charge in [-0.15, -0.1) is 0 Å². The van der Waals surface area contributed by atoms with E-state index in [0.29, 0.717) is 18.8 Å². The molecule has 1 saturated heterocycles. The number of benzene rings is 1. The van der Waals surface area contributed by atoms with Crippen molar-refractivity contribution in [3.63, 3.8) is 0 Å². The van der Waals surface area contributed by atoms with Crippen LogP contribution in [-0.2, 0) is 4.79 Å². The van der Waals surface area contributed by atoms with Crippen molar-refractivity contribution in [1.29, 1.82) is 0 Å². The van der Waals surface area contributed by atoms with E-state index in [1.807, 2.05) is 49.1 Å². The largest absolute Gasteiger partial charge is 0.481 e. The minimum Gasteiger partial charge on any atom is -0.481 e. The predicted octanol–water partition coefficient (Wildman–Crippen LogP) is 3.47. The van der Waals surface area contributed by atoms with Crippen molar-refractivity contribution in [3.05, 3.63) is 52.7 Å². The number of halogens is 1. The van der Waals surface area contributed by atoms with Crippen molar-refractivity contribution in [2.45, 2.75) is 26.9 Å².